The monoisotopic (exact) mass is 493 g/mol. The van der Waals surface area contributed by atoms with Gasteiger partial charge in [-0.15, -0.1) is 0 Å². The number of halogens is 1. The highest BCUT2D eigenvalue weighted by Crippen LogP contribution is 2.22. The second kappa shape index (κ2) is 11.8. The van der Waals surface area contributed by atoms with Crippen molar-refractivity contribution in [1.29, 1.82) is 0 Å². The molecule has 0 saturated heterocycles. The minimum absolute atomic E-state index is 0.0484. The van der Waals surface area contributed by atoms with Crippen molar-refractivity contribution in [3.63, 3.8) is 0 Å². The summed E-state index contributed by atoms with van der Waals surface area (Å²) in [7, 11) is -2.45. The van der Waals surface area contributed by atoms with Gasteiger partial charge in [0.2, 0.25) is 21.8 Å². The molecule has 0 bridgehead atoms. The fourth-order valence-electron chi connectivity index (χ4n) is 3.22. The average Bonchev–Trinajstić information content (AvgIpc) is 2.80. The fraction of sp³-hybridized carbons (Fsp3) is 0.417. The number of benzene rings is 2. The minimum atomic E-state index is -3.99. The maximum Gasteiger partial charge on any atom is 0.244 e. The normalized spacial score (nSPS) is 13.0. The number of hydrogen-bond donors (Lipinski definition) is 1. The van der Waals surface area contributed by atoms with E-state index in [4.69, 9.17) is 4.74 Å². The summed E-state index contributed by atoms with van der Waals surface area (Å²) in [5.41, 5.74) is 0.480. The largest absolute Gasteiger partial charge is 0.497 e. The molecular weight excluding hydrogens is 461 g/mol. The number of hydrogen-bond acceptors (Lipinski definition) is 5. The van der Waals surface area contributed by atoms with Crippen LogP contribution in [0.3, 0.4) is 0 Å². The predicted octanol–water partition coefficient (Wildman–Crippen LogP) is 2.93. The molecule has 1 N–H and O–H groups in total. The standard InChI is InChI=1S/C24H32FN3O5S/c1-6-17(2)26-24(30)18(3)27(15-19-11-13-20(33-4)14-12-19)23(29)16-28(34(5,31)32)22-10-8-7-9-21(22)25/h7-14,17-18H,6,15-16H2,1-5H3,(H,26,30)/t17-,18-/m0/s1. The molecule has 186 valence electrons. The Kier molecular flexibility index (Phi) is 9.43. The van der Waals surface area contributed by atoms with E-state index in [0.29, 0.717) is 22.0 Å². The SMILES string of the molecule is CC[C@H](C)NC(=O)[C@H](C)N(Cc1ccc(OC)cc1)C(=O)CN(c1ccccc1F)S(C)(=O)=O. The lowest BCUT2D eigenvalue weighted by atomic mass is 10.1. The number of rotatable bonds is 11. The quantitative estimate of drug-likeness (QED) is 0.519. The highest BCUT2D eigenvalue weighted by atomic mass is 32.2. The van der Waals surface area contributed by atoms with E-state index in [1.165, 1.54) is 30.2 Å². The van der Waals surface area contributed by atoms with Crippen LogP contribution in [-0.2, 0) is 26.2 Å². The molecule has 0 aromatic heterocycles. The zero-order chi connectivity index (χ0) is 25.5. The van der Waals surface area contributed by atoms with Gasteiger partial charge < -0.3 is 15.0 Å². The summed E-state index contributed by atoms with van der Waals surface area (Å²) in [5, 5.41) is 2.85. The molecule has 0 spiro atoms. The number of sulfonamides is 1. The Morgan fingerprint density at radius 3 is 2.24 bits per heavy atom. The molecule has 2 aromatic carbocycles. The highest BCUT2D eigenvalue weighted by Gasteiger charge is 2.31. The summed E-state index contributed by atoms with van der Waals surface area (Å²) in [6, 6.07) is 11.3. The molecule has 0 aliphatic heterocycles. The van der Waals surface area contributed by atoms with Crippen molar-refractivity contribution in [3.8, 4) is 5.75 Å². The van der Waals surface area contributed by atoms with Crippen LogP contribution in [0.25, 0.3) is 0 Å². The fourth-order valence-corrected chi connectivity index (χ4v) is 4.07. The van der Waals surface area contributed by atoms with Crippen LogP contribution in [0.4, 0.5) is 10.1 Å². The zero-order valence-corrected chi connectivity index (χ0v) is 20.9. The molecule has 0 aliphatic carbocycles. The van der Waals surface area contributed by atoms with Crippen LogP contribution in [0.15, 0.2) is 48.5 Å². The lowest BCUT2D eigenvalue weighted by molar-refractivity contribution is -0.139. The van der Waals surface area contributed by atoms with Gasteiger partial charge in [-0.1, -0.05) is 31.2 Å². The molecule has 34 heavy (non-hydrogen) atoms. The first-order chi connectivity index (χ1) is 16.0. The van der Waals surface area contributed by atoms with Crippen LogP contribution < -0.4 is 14.4 Å². The molecule has 8 nitrogen and oxygen atoms in total. The molecular formula is C24H32FN3O5S. The number of para-hydroxylation sites is 1. The van der Waals surface area contributed by atoms with Crippen LogP contribution >= 0.6 is 0 Å². The molecule has 2 atom stereocenters. The van der Waals surface area contributed by atoms with E-state index < -0.39 is 34.3 Å². The van der Waals surface area contributed by atoms with Crippen LogP contribution in [0, 0.1) is 5.82 Å². The number of methoxy groups -OCH3 is 1. The van der Waals surface area contributed by atoms with Gasteiger partial charge in [0.05, 0.1) is 19.1 Å². The van der Waals surface area contributed by atoms with Crippen molar-refractivity contribution in [2.24, 2.45) is 0 Å². The molecule has 0 unspecified atom stereocenters. The summed E-state index contributed by atoms with van der Waals surface area (Å²) in [6.07, 6.45) is 1.61. The first-order valence-electron chi connectivity index (χ1n) is 10.9. The third-order valence-corrected chi connectivity index (χ3v) is 6.61. The van der Waals surface area contributed by atoms with Crippen molar-refractivity contribution >= 4 is 27.5 Å². The second-order valence-corrected chi connectivity index (χ2v) is 9.99. The summed E-state index contributed by atoms with van der Waals surface area (Å²) >= 11 is 0. The van der Waals surface area contributed by atoms with Gasteiger partial charge in [0.25, 0.3) is 0 Å². The smallest absolute Gasteiger partial charge is 0.244 e. The Morgan fingerprint density at radius 1 is 1.09 bits per heavy atom. The molecule has 10 heteroatoms. The molecule has 2 amide bonds. The molecule has 0 radical (unpaired) electrons. The zero-order valence-electron chi connectivity index (χ0n) is 20.1. The first kappa shape index (κ1) is 27.1. The Bertz CT molecular complexity index is 1090. The Morgan fingerprint density at radius 2 is 1.71 bits per heavy atom. The Balaban J connectivity index is 2.39. The topological polar surface area (TPSA) is 96.0 Å². The third-order valence-electron chi connectivity index (χ3n) is 5.48. The number of carbonyl (C=O) groups is 2. The van der Waals surface area contributed by atoms with Gasteiger partial charge >= 0.3 is 0 Å². The van der Waals surface area contributed by atoms with Crippen molar-refractivity contribution < 1.29 is 27.1 Å². The van der Waals surface area contributed by atoms with Crippen molar-refractivity contribution in [2.75, 3.05) is 24.2 Å². The van der Waals surface area contributed by atoms with Gasteiger partial charge in [0.15, 0.2) is 0 Å². The Labute approximate surface area is 200 Å². The number of carbonyl (C=O) groups excluding carboxylic acids is 2. The van der Waals surface area contributed by atoms with E-state index in [0.717, 1.165) is 12.3 Å². The van der Waals surface area contributed by atoms with Gasteiger partial charge in [0, 0.05) is 12.6 Å². The van der Waals surface area contributed by atoms with E-state index in [-0.39, 0.29) is 24.2 Å². The number of nitrogens with zero attached hydrogens (tertiary/aromatic N) is 2. The molecule has 0 fully saturated rings. The van der Waals surface area contributed by atoms with Crippen LogP contribution in [0.1, 0.15) is 32.8 Å². The lowest BCUT2D eigenvalue weighted by Gasteiger charge is -2.32. The van der Waals surface area contributed by atoms with Gasteiger partial charge in [-0.3, -0.25) is 13.9 Å². The molecule has 2 rings (SSSR count). The number of amides is 2. The minimum Gasteiger partial charge on any atom is -0.497 e. The van der Waals surface area contributed by atoms with E-state index >= 15 is 0 Å². The van der Waals surface area contributed by atoms with Crippen LogP contribution in [0.2, 0.25) is 0 Å². The molecule has 0 aliphatic rings. The van der Waals surface area contributed by atoms with E-state index in [2.05, 4.69) is 5.32 Å². The van der Waals surface area contributed by atoms with Crippen molar-refractivity contribution in [1.82, 2.24) is 10.2 Å². The van der Waals surface area contributed by atoms with Crippen molar-refractivity contribution in [3.05, 3.63) is 59.9 Å². The molecule has 0 saturated carbocycles. The third kappa shape index (κ3) is 7.18. The maximum atomic E-state index is 14.4. The lowest BCUT2D eigenvalue weighted by Crippen LogP contribution is -2.52. The van der Waals surface area contributed by atoms with E-state index in [9.17, 15) is 22.4 Å². The van der Waals surface area contributed by atoms with Crippen LogP contribution in [-0.4, -0.2) is 57.1 Å². The number of nitrogens with one attached hydrogen (secondary N) is 1. The highest BCUT2D eigenvalue weighted by molar-refractivity contribution is 7.92. The predicted molar refractivity (Wildman–Crippen MR) is 129 cm³/mol. The summed E-state index contributed by atoms with van der Waals surface area (Å²) in [4.78, 5) is 27.5. The molecule has 2 aromatic rings. The second-order valence-electron chi connectivity index (χ2n) is 8.08. The number of anilines is 1. The Hall–Kier alpha value is -3.14. The van der Waals surface area contributed by atoms with Gasteiger partial charge in [-0.25, -0.2) is 12.8 Å². The summed E-state index contributed by atoms with van der Waals surface area (Å²) < 4.78 is 45.2. The summed E-state index contributed by atoms with van der Waals surface area (Å²) in [5.74, 6) is -1.15. The number of ether oxygens (including phenoxy) is 1. The summed E-state index contributed by atoms with van der Waals surface area (Å²) in [6.45, 7) is 4.74. The van der Waals surface area contributed by atoms with Gasteiger partial charge in [0.1, 0.15) is 24.2 Å². The van der Waals surface area contributed by atoms with Gasteiger partial charge in [-0.2, -0.15) is 0 Å². The maximum absolute atomic E-state index is 14.4. The average molecular weight is 494 g/mol. The van der Waals surface area contributed by atoms with E-state index in [1.807, 2.05) is 13.8 Å². The first-order valence-corrected chi connectivity index (χ1v) is 12.8. The van der Waals surface area contributed by atoms with Crippen molar-refractivity contribution in [2.45, 2.75) is 45.8 Å². The van der Waals surface area contributed by atoms with Gasteiger partial charge in [-0.05, 0) is 50.1 Å². The van der Waals surface area contributed by atoms with Crippen LogP contribution in [0.5, 0.6) is 5.75 Å². The molecule has 0 heterocycles. The van der Waals surface area contributed by atoms with E-state index in [1.54, 1.807) is 31.2 Å².